The number of rotatable bonds is 1. The van der Waals surface area contributed by atoms with Crippen molar-refractivity contribution in [2.75, 3.05) is 6.54 Å². The molecule has 1 aliphatic heterocycles. The fraction of sp³-hybridized carbons (Fsp3) is 0.667. The van der Waals surface area contributed by atoms with Crippen molar-refractivity contribution in [1.82, 2.24) is 4.31 Å². The molecule has 1 saturated heterocycles. The molecule has 8 heteroatoms. The highest BCUT2D eigenvalue weighted by molar-refractivity contribution is 9.26. The summed E-state index contributed by atoms with van der Waals surface area (Å²) in [7, 11) is -3.86. The molecule has 0 aromatic rings. The maximum atomic E-state index is 10.9. The quantitative estimate of drug-likeness (QED) is 0.525. The smallest absolute Gasteiger partial charge is 0.271 e. The van der Waals surface area contributed by atoms with E-state index in [1.165, 1.54) is 0 Å². The Bertz CT molecular complexity index is 298. The van der Waals surface area contributed by atoms with Crippen LogP contribution in [0.3, 0.4) is 0 Å². The molecule has 5 nitrogen and oxygen atoms in total. The van der Waals surface area contributed by atoms with Gasteiger partial charge < -0.3 is 0 Å². The number of nitrogens with zero attached hydrogens (tertiary/aromatic N) is 1. The minimum atomic E-state index is -3.86. The number of hydrogen-bond donors (Lipinski definition) is 1. The van der Waals surface area contributed by atoms with Crippen molar-refractivity contribution in [1.29, 1.82) is 0 Å². The van der Waals surface area contributed by atoms with Crippen molar-refractivity contribution in [2.45, 2.75) is 3.23 Å². The third-order valence-corrected chi connectivity index (χ3v) is 3.28. The van der Waals surface area contributed by atoms with Gasteiger partial charge in [-0.15, -0.1) is 0 Å². The second-order valence-corrected chi connectivity index (χ2v) is 7.30. The lowest BCUT2D eigenvalue weighted by molar-refractivity contribution is -0.133. The summed E-state index contributed by atoms with van der Waals surface area (Å²) in [5.41, 5.74) is 0. The summed E-state index contributed by atoms with van der Waals surface area (Å²) in [5.74, 6) is -0.597. The Kier molecular flexibility index (Phi) is 2.07. The minimum absolute atomic E-state index is 0.0185. The zero-order valence-electron chi connectivity index (χ0n) is 5.12. The second kappa shape index (κ2) is 2.41. The van der Waals surface area contributed by atoms with Crippen LogP contribution in [-0.4, -0.2) is 28.4 Å². The molecule has 0 aliphatic carbocycles. The van der Waals surface area contributed by atoms with Gasteiger partial charge in [-0.05, 0) is 0 Å². The molecule has 1 amide bonds. The van der Waals surface area contributed by atoms with E-state index < -0.39 is 19.4 Å². The first-order valence-corrected chi connectivity index (χ1v) is 5.57. The summed E-state index contributed by atoms with van der Waals surface area (Å²) in [5, 5.41) is 4.69. The Morgan fingerprint density at radius 1 is 1.55 bits per heavy atom. The molecule has 0 saturated carbocycles. The molecule has 1 heterocycles. The average Bonchev–Trinajstić information content (AvgIpc) is 1.80. The Hall–Kier alpha value is 0.340. The van der Waals surface area contributed by atoms with Crippen LogP contribution >= 0.6 is 31.9 Å². The number of carbonyl (C=O) groups is 1. The minimum Gasteiger partial charge on any atom is -0.271 e. The molecule has 0 radical (unpaired) electrons. The number of alkyl halides is 2. The molecule has 0 unspecified atom stereocenters. The van der Waals surface area contributed by atoms with E-state index in [0.717, 1.165) is 0 Å². The van der Waals surface area contributed by atoms with Gasteiger partial charge >= 0.3 is 10.2 Å². The summed E-state index contributed by atoms with van der Waals surface area (Å²) < 4.78 is 20.7. The van der Waals surface area contributed by atoms with Crippen LogP contribution in [0.5, 0.6) is 0 Å². The summed E-state index contributed by atoms with van der Waals surface area (Å²) in [6.07, 6.45) is 0. The topological polar surface area (TPSA) is 80.5 Å². The molecular weight excluding hydrogens is 304 g/mol. The van der Waals surface area contributed by atoms with Crippen LogP contribution in [0.25, 0.3) is 0 Å². The third kappa shape index (κ3) is 1.58. The Labute approximate surface area is 80.4 Å². The largest absolute Gasteiger partial charge is 0.301 e. The monoisotopic (exact) mass is 306 g/mol. The first-order valence-electron chi connectivity index (χ1n) is 2.48. The first kappa shape index (κ1) is 9.43. The van der Waals surface area contributed by atoms with Gasteiger partial charge in [0.15, 0.2) is 3.23 Å². The van der Waals surface area contributed by atoms with E-state index in [4.69, 9.17) is 0 Å². The van der Waals surface area contributed by atoms with E-state index in [2.05, 4.69) is 37.0 Å². The van der Waals surface area contributed by atoms with E-state index >= 15 is 0 Å². The zero-order chi connectivity index (χ0) is 8.86. The summed E-state index contributed by atoms with van der Waals surface area (Å²) in [6.45, 7) is 0.0185. The molecule has 1 aliphatic rings. The van der Waals surface area contributed by atoms with Gasteiger partial charge in [0.2, 0.25) is 0 Å². The number of hydrogen-bond acceptors (Lipinski definition) is 3. The molecule has 0 atom stereocenters. The van der Waals surface area contributed by atoms with Gasteiger partial charge in [0.1, 0.15) is 0 Å². The average molecular weight is 308 g/mol. The van der Waals surface area contributed by atoms with Crippen molar-refractivity contribution in [2.24, 2.45) is 5.14 Å². The van der Waals surface area contributed by atoms with Gasteiger partial charge in [-0.2, -0.15) is 8.42 Å². The lowest BCUT2D eigenvalue weighted by Gasteiger charge is -2.38. The van der Waals surface area contributed by atoms with Crippen molar-refractivity contribution < 1.29 is 13.2 Å². The second-order valence-electron chi connectivity index (χ2n) is 2.06. The van der Waals surface area contributed by atoms with E-state index in [9.17, 15) is 13.2 Å². The third-order valence-electron chi connectivity index (χ3n) is 1.19. The van der Waals surface area contributed by atoms with Crippen LogP contribution < -0.4 is 5.14 Å². The van der Waals surface area contributed by atoms with Gasteiger partial charge in [-0.25, -0.2) is 9.44 Å². The predicted molar refractivity (Wildman–Crippen MR) is 45.4 cm³/mol. The lowest BCUT2D eigenvalue weighted by Crippen LogP contribution is -2.63. The normalized spacial score (nSPS) is 23.2. The summed E-state index contributed by atoms with van der Waals surface area (Å²) in [6, 6.07) is 0. The van der Waals surface area contributed by atoms with Crippen LogP contribution in [0.4, 0.5) is 0 Å². The standard InChI is InChI=1S/C3H4Br2N2O3S/c4-3(5)1-7(2(3)8)11(6,9)10/h1H2,(H2,6,9,10). The van der Waals surface area contributed by atoms with Crippen molar-refractivity contribution >= 4 is 48.0 Å². The number of amides is 1. The summed E-state index contributed by atoms with van der Waals surface area (Å²) >= 11 is 5.94. The van der Waals surface area contributed by atoms with Gasteiger partial charge in [0.25, 0.3) is 5.91 Å². The molecule has 1 fully saturated rings. The Morgan fingerprint density at radius 2 is 2.00 bits per heavy atom. The SMILES string of the molecule is NS(=O)(=O)N1CC(Br)(Br)C1=O. The number of β-lactam (4-membered cyclic amide) rings is 1. The highest BCUT2D eigenvalue weighted by Gasteiger charge is 2.52. The van der Waals surface area contributed by atoms with Crippen LogP contribution in [0, 0.1) is 0 Å². The molecule has 2 N–H and O–H groups in total. The predicted octanol–water partition coefficient (Wildman–Crippen LogP) is -0.482. The van der Waals surface area contributed by atoms with E-state index in [0.29, 0.717) is 4.31 Å². The van der Waals surface area contributed by atoms with Crippen molar-refractivity contribution in [3.8, 4) is 0 Å². The van der Waals surface area contributed by atoms with Gasteiger partial charge in [0.05, 0.1) is 6.54 Å². The maximum absolute atomic E-state index is 10.9. The van der Waals surface area contributed by atoms with Gasteiger partial charge in [0, 0.05) is 0 Å². The molecular formula is C3H4Br2N2O3S. The molecule has 0 aromatic carbocycles. The van der Waals surface area contributed by atoms with E-state index in [1.54, 1.807) is 0 Å². The first-order chi connectivity index (χ1) is 4.75. The maximum Gasteiger partial charge on any atom is 0.301 e. The number of carbonyl (C=O) groups excluding carboxylic acids is 1. The van der Waals surface area contributed by atoms with Crippen LogP contribution in [0.15, 0.2) is 0 Å². The molecule has 11 heavy (non-hydrogen) atoms. The fourth-order valence-electron chi connectivity index (χ4n) is 0.617. The highest BCUT2D eigenvalue weighted by atomic mass is 79.9. The van der Waals surface area contributed by atoms with E-state index in [-0.39, 0.29) is 6.54 Å². The lowest BCUT2D eigenvalue weighted by atomic mass is 10.3. The van der Waals surface area contributed by atoms with E-state index in [1.807, 2.05) is 0 Å². The summed E-state index contributed by atoms with van der Waals surface area (Å²) in [4.78, 5) is 10.9. The van der Waals surface area contributed by atoms with Gasteiger partial charge in [-0.1, -0.05) is 31.9 Å². The number of nitrogens with two attached hydrogens (primary N) is 1. The highest BCUT2D eigenvalue weighted by Crippen LogP contribution is 2.38. The zero-order valence-corrected chi connectivity index (χ0v) is 9.11. The Balaban J connectivity index is 2.83. The van der Waals surface area contributed by atoms with Crippen LogP contribution in [0.1, 0.15) is 0 Å². The Morgan fingerprint density at radius 3 is 2.09 bits per heavy atom. The molecule has 0 spiro atoms. The van der Waals surface area contributed by atoms with Crippen molar-refractivity contribution in [3.63, 3.8) is 0 Å². The van der Waals surface area contributed by atoms with Crippen LogP contribution in [0.2, 0.25) is 0 Å². The van der Waals surface area contributed by atoms with Gasteiger partial charge in [-0.3, -0.25) is 4.79 Å². The molecule has 0 bridgehead atoms. The molecule has 1 rings (SSSR count). The fourth-order valence-corrected chi connectivity index (χ4v) is 2.87. The molecule has 64 valence electrons. The molecule has 0 aromatic heterocycles. The van der Waals surface area contributed by atoms with Crippen LogP contribution in [-0.2, 0) is 15.0 Å². The number of halogens is 2. The van der Waals surface area contributed by atoms with Crippen molar-refractivity contribution in [3.05, 3.63) is 0 Å².